The molecule has 0 atom stereocenters. The molecule has 2 heterocycles. The van der Waals surface area contributed by atoms with Crippen LogP contribution >= 0.6 is 0 Å². The molecule has 0 saturated heterocycles. The van der Waals surface area contributed by atoms with E-state index in [-0.39, 0.29) is 23.8 Å². The molecular weight excluding hydrogens is 370 g/mol. The first-order valence-corrected chi connectivity index (χ1v) is 9.17. The lowest BCUT2D eigenvalue weighted by atomic mass is 10.2. The predicted molar refractivity (Wildman–Crippen MR) is 110 cm³/mol. The lowest BCUT2D eigenvalue weighted by Gasteiger charge is -2.08. The lowest BCUT2D eigenvalue weighted by Crippen LogP contribution is -2.23. The number of hydrogen-bond acceptors (Lipinski definition) is 5. The Bertz CT molecular complexity index is 1050. The van der Waals surface area contributed by atoms with E-state index in [0.29, 0.717) is 30.0 Å². The molecule has 0 aliphatic rings. The number of nitrogens with zero attached hydrogens (tertiary/aromatic N) is 3. The van der Waals surface area contributed by atoms with Gasteiger partial charge in [-0.15, -0.1) is 0 Å². The molecule has 2 aromatic heterocycles. The summed E-state index contributed by atoms with van der Waals surface area (Å²) in [6, 6.07) is 13.6. The summed E-state index contributed by atoms with van der Waals surface area (Å²) >= 11 is 0. The maximum absolute atomic E-state index is 12.1. The standard InChI is InChI=1S/C21H21N5O3/c1-15(27)23-17-4-6-18(7-5-17)24-20(28)3-2-14-26-21(29)9-8-19(25-26)16-10-12-22-13-11-16/h4-13H,2-3,14H2,1H3,(H,23,27)(H,24,28). The summed E-state index contributed by atoms with van der Waals surface area (Å²) in [4.78, 5) is 39.2. The van der Waals surface area contributed by atoms with Crippen LogP contribution in [-0.4, -0.2) is 26.6 Å². The van der Waals surface area contributed by atoms with Crippen molar-refractivity contribution >= 4 is 23.2 Å². The Morgan fingerprint density at radius 3 is 2.24 bits per heavy atom. The number of anilines is 2. The van der Waals surface area contributed by atoms with Crippen molar-refractivity contribution in [1.29, 1.82) is 0 Å². The normalized spacial score (nSPS) is 10.4. The lowest BCUT2D eigenvalue weighted by molar-refractivity contribution is -0.116. The molecule has 2 N–H and O–H groups in total. The highest BCUT2D eigenvalue weighted by atomic mass is 16.2. The van der Waals surface area contributed by atoms with Gasteiger partial charge in [0.2, 0.25) is 11.8 Å². The summed E-state index contributed by atoms with van der Waals surface area (Å²) in [5.74, 6) is -0.311. The summed E-state index contributed by atoms with van der Waals surface area (Å²) in [5, 5.41) is 9.83. The first-order valence-electron chi connectivity index (χ1n) is 9.17. The Balaban J connectivity index is 1.54. The van der Waals surface area contributed by atoms with Gasteiger partial charge in [0.25, 0.3) is 5.56 Å². The summed E-state index contributed by atoms with van der Waals surface area (Å²) in [6.45, 7) is 1.77. The van der Waals surface area contributed by atoms with Gasteiger partial charge >= 0.3 is 0 Å². The van der Waals surface area contributed by atoms with Gasteiger partial charge in [0, 0.05) is 55.3 Å². The third kappa shape index (κ3) is 5.83. The number of benzene rings is 1. The quantitative estimate of drug-likeness (QED) is 0.644. The molecule has 2 amide bonds. The molecule has 148 valence electrons. The molecule has 0 saturated carbocycles. The van der Waals surface area contributed by atoms with E-state index in [4.69, 9.17) is 0 Å². The van der Waals surface area contributed by atoms with Gasteiger partial charge in [0.15, 0.2) is 0 Å². The number of nitrogens with one attached hydrogen (secondary N) is 2. The topological polar surface area (TPSA) is 106 Å². The van der Waals surface area contributed by atoms with Crippen molar-refractivity contribution in [3.63, 3.8) is 0 Å². The van der Waals surface area contributed by atoms with Crippen LogP contribution in [-0.2, 0) is 16.1 Å². The minimum absolute atomic E-state index is 0.154. The molecule has 3 rings (SSSR count). The van der Waals surface area contributed by atoms with Gasteiger partial charge in [0.1, 0.15) is 0 Å². The molecule has 3 aromatic rings. The molecule has 8 nitrogen and oxygen atoms in total. The number of carbonyl (C=O) groups excluding carboxylic acids is 2. The van der Waals surface area contributed by atoms with E-state index < -0.39 is 0 Å². The van der Waals surface area contributed by atoms with Crippen molar-refractivity contribution in [2.24, 2.45) is 0 Å². The highest BCUT2D eigenvalue weighted by Crippen LogP contribution is 2.15. The number of amides is 2. The van der Waals surface area contributed by atoms with Crippen LogP contribution in [0.3, 0.4) is 0 Å². The average molecular weight is 391 g/mol. The fourth-order valence-corrected chi connectivity index (χ4v) is 2.74. The molecule has 0 fully saturated rings. The molecule has 0 bridgehead atoms. The second-order valence-corrected chi connectivity index (χ2v) is 6.43. The van der Waals surface area contributed by atoms with E-state index in [9.17, 15) is 14.4 Å². The van der Waals surface area contributed by atoms with Crippen LogP contribution in [0.1, 0.15) is 19.8 Å². The highest BCUT2D eigenvalue weighted by Gasteiger charge is 2.06. The van der Waals surface area contributed by atoms with Crippen molar-refractivity contribution in [2.45, 2.75) is 26.3 Å². The number of aromatic nitrogens is 3. The molecule has 29 heavy (non-hydrogen) atoms. The van der Waals surface area contributed by atoms with Gasteiger partial charge in [-0.3, -0.25) is 19.4 Å². The number of aryl methyl sites for hydroxylation is 1. The zero-order chi connectivity index (χ0) is 20.6. The second kappa shape index (κ2) is 9.41. The van der Waals surface area contributed by atoms with E-state index in [1.807, 2.05) is 12.1 Å². The highest BCUT2D eigenvalue weighted by molar-refractivity contribution is 5.92. The van der Waals surface area contributed by atoms with Crippen LogP contribution in [0, 0.1) is 0 Å². The maximum atomic E-state index is 12.1. The first kappa shape index (κ1) is 19.9. The Labute approximate surface area is 167 Å². The van der Waals surface area contributed by atoms with Gasteiger partial charge in [-0.1, -0.05) is 0 Å². The van der Waals surface area contributed by atoms with Crippen LogP contribution in [0.25, 0.3) is 11.3 Å². The number of carbonyl (C=O) groups is 2. The largest absolute Gasteiger partial charge is 0.326 e. The Hall–Kier alpha value is -3.81. The van der Waals surface area contributed by atoms with E-state index >= 15 is 0 Å². The second-order valence-electron chi connectivity index (χ2n) is 6.43. The van der Waals surface area contributed by atoms with Crippen LogP contribution < -0.4 is 16.2 Å². The molecule has 1 aromatic carbocycles. The Morgan fingerprint density at radius 1 is 0.931 bits per heavy atom. The summed E-state index contributed by atoms with van der Waals surface area (Å²) in [7, 11) is 0. The van der Waals surface area contributed by atoms with Gasteiger partial charge in [0.05, 0.1) is 5.69 Å². The molecule has 0 spiro atoms. The molecule has 0 radical (unpaired) electrons. The van der Waals surface area contributed by atoms with E-state index in [0.717, 1.165) is 5.56 Å². The fourth-order valence-electron chi connectivity index (χ4n) is 2.74. The zero-order valence-corrected chi connectivity index (χ0v) is 16.0. The van der Waals surface area contributed by atoms with E-state index in [2.05, 4.69) is 20.7 Å². The Kier molecular flexibility index (Phi) is 6.47. The molecule has 0 aliphatic heterocycles. The van der Waals surface area contributed by atoms with E-state index in [1.165, 1.54) is 17.7 Å². The minimum Gasteiger partial charge on any atom is -0.326 e. The van der Waals surface area contributed by atoms with Crippen molar-refractivity contribution in [3.05, 3.63) is 71.3 Å². The molecular formula is C21H21N5O3. The van der Waals surface area contributed by atoms with Crippen LogP contribution in [0.5, 0.6) is 0 Å². The summed E-state index contributed by atoms with van der Waals surface area (Å²) in [6.07, 6.45) is 4.06. The van der Waals surface area contributed by atoms with Crippen LogP contribution in [0.2, 0.25) is 0 Å². The van der Waals surface area contributed by atoms with E-state index in [1.54, 1.807) is 42.7 Å². The first-order chi connectivity index (χ1) is 14.0. The third-order valence-electron chi connectivity index (χ3n) is 4.11. The molecule has 0 aliphatic carbocycles. The summed E-state index contributed by atoms with van der Waals surface area (Å²) in [5.41, 5.74) is 2.63. The van der Waals surface area contributed by atoms with Gasteiger partial charge in [-0.05, 0) is 48.9 Å². The van der Waals surface area contributed by atoms with Gasteiger partial charge in [-0.25, -0.2) is 4.68 Å². The SMILES string of the molecule is CC(=O)Nc1ccc(NC(=O)CCCn2nc(-c3ccncc3)ccc2=O)cc1. The number of rotatable bonds is 7. The molecule has 0 unspecified atom stereocenters. The van der Waals surface area contributed by atoms with Crippen LogP contribution in [0.15, 0.2) is 65.7 Å². The molecule has 8 heteroatoms. The monoisotopic (exact) mass is 391 g/mol. The maximum Gasteiger partial charge on any atom is 0.266 e. The van der Waals surface area contributed by atoms with Crippen molar-refractivity contribution in [3.8, 4) is 11.3 Å². The fraction of sp³-hybridized carbons (Fsp3) is 0.190. The van der Waals surface area contributed by atoms with Gasteiger partial charge in [-0.2, -0.15) is 5.10 Å². The third-order valence-corrected chi connectivity index (χ3v) is 4.11. The van der Waals surface area contributed by atoms with Crippen molar-refractivity contribution in [1.82, 2.24) is 14.8 Å². The van der Waals surface area contributed by atoms with Crippen molar-refractivity contribution in [2.75, 3.05) is 10.6 Å². The minimum atomic E-state index is -0.211. The average Bonchev–Trinajstić information content (AvgIpc) is 2.71. The van der Waals surface area contributed by atoms with Crippen molar-refractivity contribution < 1.29 is 9.59 Å². The number of pyridine rings is 1. The van der Waals surface area contributed by atoms with Gasteiger partial charge < -0.3 is 10.6 Å². The Morgan fingerprint density at radius 2 is 1.59 bits per heavy atom. The summed E-state index contributed by atoms with van der Waals surface area (Å²) < 4.78 is 1.37. The van der Waals surface area contributed by atoms with Crippen LogP contribution in [0.4, 0.5) is 11.4 Å². The predicted octanol–water partition coefficient (Wildman–Crippen LogP) is 2.68. The number of hydrogen-bond donors (Lipinski definition) is 2. The zero-order valence-electron chi connectivity index (χ0n) is 16.0. The smallest absolute Gasteiger partial charge is 0.266 e.